The van der Waals surface area contributed by atoms with Crippen molar-refractivity contribution in [3.8, 4) is 11.3 Å². The van der Waals surface area contributed by atoms with Crippen LogP contribution in [0.3, 0.4) is 0 Å². The van der Waals surface area contributed by atoms with E-state index in [9.17, 15) is 9.90 Å². The minimum absolute atomic E-state index is 0.0411. The predicted molar refractivity (Wildman–Crippen MR) is 109 cm³/mol. The summed E-state index contributed by atoms with van der Waals surface area (Å²) in [5, 5.41) is 18.9. The summed E-state index contributed by atoms with van der Waals surface area (Å²) in [6.07, 6.45) is 12.7. The Hall–Kier alpha value is -2.05. The van der Waals surface area contributed by atoms with Gasteiger partial charge in [-0.25, -0.2) is 4.68 Å². The molecule has 6 nitrogen and oxygen atoms in total. The summed E-state index contributed by atoms with van der Waals surface area (Å²) >= 11 is 0. The van der Waals surface area contributed by atoms with E-state index in [1.807, 2.05) is 12.1 Å². The monoisotopic (exact) mass is 382 g/mol. The lowest BCUT2D eigenvalue weighted by Crippen LogP contribution is -2.47. The molecule has 2 aliphatic rings. The first-order valence-corrected chi connectivity index (χ1v) is 10.6. The molecular formula is C22H30N4O2. The zero-order valence-corrected chi connectivity index (χ0v) is 16.4. The molecule has 0 aliphatic heterocycles. The molecule has 4 rings (SSSR count). The van der Waals surface area contributed by atoms with E-state index >= 15 is 0 Å². The van der Waals surface area contributed by atoms with Crippen molar-refractivity contribution >= 4 is 0 Å². The van der Waals surface area contributed by atoms with Crippen molar-refractivity contribution in [1.82, 2.24) is 20.1 Å². The van der Waals surface area contributed by atoms with Gasteiger partial charge in [0.25, 0.3) is 5.56 Å². The number of rotatable bonds is 5. The first-order valence-electron chi connectivity index (χ1n) is 10.6. The number of aliphatic hydroxyl groups is 1. The molecule has 0 aromatic carbocycles. The van der Waals surface area contributed by atoms with Crippen LogP contribution in [0.15, 0.2) is 41.5 Å². The SMILES string of the molecule is O=c1ccc(-c2cccnc2)nn1C1CCC(NCC2(O)CCCCC2)CC1. The van der Waals surface area contributed by atoms with Gasteiger partial charge in [-0.3, -0.25) is 9.78 Å². The molecule has 0 bridgehead atoms. The minimum atomic E-state index is -0.522. The van der Waals surface area contributed by atoms with Gasteiger partial charge in [0.2, 0.25) is 0 Å². The van der Waals surface area contributed by atoms with Crippen molar-refractivity contribution in [3.05, 3.63) is 47.0 Å². The van der Waals surface area contributed by atoms with Crippen LogP contribution in [-0.4, -0.2) is 38.1 Å². The van der Waals surface area contributed by atoms with Crippen molar-refractivity contribution in [2.24, 2.45) is 0 Å². The van der Waals surface area contributed by atoms with Crippen molar-refractivity contribution < 1.29 is 5.11 Å². The maximum absolute atomic E-state index is 12.4. The third-order valence-electron chi connectivity index (χ3n) is 6.33. The molecular weight excluding hydrogens is 352 g/mol. The van der Waals surface area contributed by atoms with Gasteiger partial charge in [-0.1, -0.05) is 19.3 Å². The van der Waals surface area contributed by atoms with Gasteiger partial charge in [0.1, 0.15) is 0 Å². The van der Waals surface area contributed by atoms with Crippen LogP contribution in [0, 0.1) is 0 Å². The number of hydrogen-bond donors (Lipinski definition) is 2. The average molecular weight is 383 g/mol. The highest BCUT2D eigenvalue weighted by Crippen LogP contribution is 2.30. The smallest absolute Gasteiger partial charge is 0.267 e. The number of hydrogen-bond acceptors (Lipinski definition) is 5. The van der Waals surface area contributed by atoms with Crippen LogP contribution in [0.2, 0.25) is 0 Å². The standard InChI is InChI=1S/C22H30N4O2/c27-21-11-10-20(17-5-4-14-23-15-17)25-26(21)19-8-6-18(7-9-19)24-16-22(28)12-2-1-3-13-22/h4-5,10-11,14-15,18-19,24,28H,1-3,6-9,12-13,16H2. The Balaban J connectivity index is 1.36. The molecule has 0 amide bonds. The summed E-state index contributed by atoms with van der Waals surface area (Å²) in [5.41, 5.74) is 1.14. The molecule has 0 saturated heterocycles. The van der Waals surface area contributed by atoms with Crippen LogP contribution in [0.5, 0.6) is 0 Å². The van der Waals surface area contributed by atoms with Crippen LogP contribution in [0.1, 0.15) is 63.8 Å². The summed E-state index contributed by atoms with van der Waals surface area (Å²) in [5.74, 6) is 0. The minimum Gasteiger partial charge on any atom is -0.389 e. The molecule has 0 radical (unpaired) electrons. The van der Waals surface area contributed by atoms with Gasteiger partial charge in [-0.2, -0.15) is 5.10 Å². The lowest BCUT2D eigenvalue weighted by atomic mass is 9.84. The third-order valence-corrected chi connectivity index (χ3v) is 6.33. The van der Waals surface area contributed by atoms with Crippen LogP contribution in [0.25, 0.3) is 11.3 Å². The van der Waals surface area contributed by atoms with Gasteiger partial charge in [0.15, 0.2) is 0 Å². The van der Waals surface area contributed by atoms with Crippen LogP contribution in [-0.2, 0) is 0 Å². The van der Waals surface area contributed by atoms with E-state index in [1.54, 1.807) is 29.2 Å². The van der Waals surface area contributed by atoms with Crippen molar-refractivity contribution in [3.63, 3.8) is 0 Å². The third kappa shape index (κ3) is 4.50. The molecule has 0 spiro atoms. The summed E-state index contributed by atoms with van der Waals surface area (Å²) in [4.78, 5) is 16.5. The zero-order valence-electron chi connectivity index (χ0n) is 16.4. The van der Waals surface area contributed by atoms with Gasteiger partial charge in [0, 0.05) is 36.6 Å². The summed E-state index contributed by atoms with van der Waals surface area (Å²) in [6.45, 7) is 0.691. The maximum atomic E-state index is 12.4. The lowest BCUT2D eigenvalue weighted by Gasteiger charge is -2.36. The van der Waals surface area contributed by atoms with Crippen LogP contribution >= 0.6 is 0 Å². The van der Waals surface area contributed by atoms with Crippen LogP contribution in [0.4, 0.5) is 0 Å². The molecule has 0 atom stereocenters. The van der Waals surface area contributed by atoms with E-state index in [2.05, 4.69) is 15.4 Å². The highest BCUT2D eigenvalue weighted by atomic mass is 16.3. The van der Waals surface area contributed by atoms with E-state index in [-0.39, 0.29) is 11.6 Å². The Morgan fingerprint density at radius 1 is 1.11 bits per heavy atom. The Kier molecular flexibility index (Phi) is 5.87. The average Bonchev–Trinajstić information content (AvgIpc) is 2.74. The van der Waals surface area contributed by atoms with E-state index in [0.29, 0.717) is 12.6 Å². The summed E-state index contributed by atoms with van der Waals surface area (Å²) in [7, 11) is 0. The number of nitrogens with zero attached hydrogens (tertiary/aromatic N) is 3. The van der Waals surface area contributed by atoms with Gasteiger partial charge in [-0.15, -0.1) is 0 Å². The fourth-order valence-corrected chi connectivity index (χ4v) is 4.60. The second-order valence-electron chi connectivity index (χ2n) is 8.41. The van der Waals surface area contributed by atoms with Crippen molar-refractivity contribution in [2.75, 3.05) is 6.54 Å². The molecule has 2 saturated carbocycles. The molecule has 2 aromatic heterocycles. The topological polar surface area (TPSA) is 80.0 Å². The molecule has 2 aliphatic carbocycles. The fourth-order valence-electron chi connectivity index (χ4n) is 4.60. The quantitative estimate of drug-likeness (QED) is 0.831. The Morgan fingerprint density at radius 3 is 2.61 bits per heavy atom. The van der Waals surface area contributed by atoms with Gasteiger partial charge in [0.05, 0.1) is 17.3 Å². The molecule has 150 valence electrons. The molecule has 0 unspecified atom stereocenters. The first kappa shape index (κ1) is 19.3. The van der Waals surface area contributed by atoms with E-state index < -0.39 is 5.60 Å². The Labute approximate surface area is 166 Å². The van der Waals surface area contributed by atoms with Crippen molar-refractivity contribution in [2.45, 2.75) is 75.5 Å². The molecule has 28 heavy (non-hydrogen) atoms. The van der Waals surface area contributed by atoms with Crippen LogP contribution < -0.4 is 10.9 Å². The summed E-state index contributed by atoms with van der Waals surface area (Å²) in [6, 6.07) is 7.77. The second-order valence-corrected chi connectivity index (χ2v) is 8.41. The van der Waals surface area contributed by atoms with E-state index in [1.165, 1.54) is 6.42 Å². The zero-order chi connectivity index (χ0) is 19.4. The van der Waals surface area contributed by atoms with Gasteiger partial charge < -0.3 is 10.4 Å². The number of aromatic nitrogens is 3. The van der Waals surface area contributed by atoms with E-state index in [4.69, 9.17) is 0 Å². The molecule has 6 heteroatoms. The predicted octanol–water partition coefficient (Wildman–Crippen LogP) is 3.07. The molecule has 2 N–H and O–H groups in total. The second kappa shape index (κ2) is 8.53. The highest BCUT2D eigenvalue weighted by Gasteiger charge is 2.31. The molecule has 2 heterocycles. The van der Waals surface area contributed by atoms with Crippen molar-refractivity contribution in [1.29, 1.82) is 0 Å². The Morgan fingerprint density at radius 2 is 1.89 bits per heavy atom. The lowest BCUT2D eigenvalue weighted by molar-refractivity contribution is 0.00127. The number of nitrogens with one attached hydrogen (secondary N) is 1. The molecule has 2 fully saturated rings. The molecule has 2 aromatic rings. The van der Waals surface area contributed by atoms with E-state index in [0.717, 1.165) is 62.6 Å². The first-order chi connectivity index (χ1) is 13.6. The fraction of sp³-hybridized carbons (Fsp3) is 0.591. The number of pyridine rings is 1. The normalized spacial score (nSPS) is 24.8. The highest BCUT2D eigenvalue weighted by molar-refractivity contribution is 5.56. The largest absolute Gasteiger partial charge is 0.389 e. The Bertz CT molecular complexity index is 822. The summed E-state index contributed by atoms with van der Waals surface area (Å²) < 4.78 is 1.66. The van der Waals surface area contributed by atoms with Gasteiger partial charge in [-0.05, 0) is 56.7 Å². The van der Waals surface area contributed by atoms with Gasteiger partial charge >= 0.3 is 0 Å². The maximum Gasteiger partial charge on any atom is 0.267 e.